The number of hydrogen-bond donors (Lipinski definition) is 1. The van der Waals surface area contributed by atoms with Gasteiger partial charge in [0, 0.05) is 29.7 Å². The number of aryl methyl sites for hydroxylation is 2. The van der Waals surface area contributed by atoms with Crippen molar-refractivity contribution < 1.29 is 4.39 Å². The number of halogens is 2. The lowest BCUT2D eigenvalue weighted by Gasteiger charge is -2.13. The Hall–Kier alpha value is -1.04. The van der Waals surface area contributed by atoms with Crippen LogP contribution in [0.25, 0.3) is 0 Å². The number of benzene rings is 1. The van der Waals surface area contributed by atoms with Crippen LogP contribution < -0.4 is 5.73 Å². The molecular weight excluding hydrogens is 309 g/mol. The van der Waals surface area contributed by atoms with Gasteiger partial charge in [0.15, 0.2) is 0 Å². The molecule has 1 heterocycles. The van der Waals surface area contributed by atoms with Gasteiger partial charge in [-0.05, 0) is 32.0 Å². The highest BCUT2D eigenvalue weighted by Crippen LogP contribution is 2.24. The Morgan fingerprint density at radius 1 is 1.48 bits per heavy atom. The predicted molar refractivity (Wildman–Crippen MR) is 86.5 cm³/mol. The Morgan fingerprint density at radius 2 is 2.24 bits per heavy atom. The first kappa shape index (κ1) is 16.3. The van der Waals surface area contributed by atoms with Gasteiger partial charge in [-0.25, -0.2) is 4.39 Å². The molecule has 2 rings (SSSR count). The van der Waals surface area contributed by atoms with Gasteiger partial charge in [0.2, 0.25) is 0 Å². The van der Waals surface area contributed by atoms with Gasteiger partial charge in [0.05, 0.1) is 16.4 Å². The molecular formula is C15H19ClFN3S. The lowest BCUT2D eigenvalue weighted by Crippen LogP contribution is -2.27. The molecule has 1 unspecified atom stereocenters. The highest BCUT2D eigenvalue weighted by Gasteiger charge is 2.16. The fourth-order valence-corrected chi connectivity index (χ4v) is 3.24. The maximum absolute atomic E-state index is 13.1. The third-order valence-corrected chi connectivity index (χ3v) is 4.84. The first-order chi connectivity index (χ1) is 10.0. The van der Waals surface area contributed by atoms with Gasteiger partial charge in [-0.15, -0.1) is 11.8 Å². The second-order valence-electron chi connectivity index (χ2n) is 4.89. The average Bonchev–Trinajstić information content (AvgIpc) is 2.73. The van der Waals surface area contributed by atoms with E-state index in [0.717, 1.165) is 22.8 Å². The number of nitrogens with zero attached hydrogens (tertiary/aromatic N) is 2. The standard InChI is InChI=1S/C15H19ClFN3S/c1-3-20-14(15(16)10(2)19-20)8-12(18)9-21-13-6-4-5-11(17)7-13/h4-7,12H,3,8-9,18H2,1-2H3. The second-order valence-corrected chi connectivity index (χ2v) is 6.37. The summed E-state index contributed by atoms with van der Waals surface area (Å²) in [7, 11) is 0. The molecule has 21 heavy (non-hydrogen) atoms. The van der Waals surface area contributed by atoms with Crippen molar-refractivity contribution in [3.63, 3.8) is 0 Å². The van der Waals surface area contributed by atoms with Crippen LogP contribution in [0.5, 0.6) is 0 Å². The number of thioether (sulfide) groups is 1. The van der Waals surface area contributed by atoms with Crippen LogP contribution in [0.2, 0.25) is 5.02 Å². The molecule has 0 radical (unpaired) electrons. The molecule has 0 amide bonds. The summed E-state index contributed by atoms with van der Waals surface area (Å²) in [5.74, 6) is 0.476. The smallest absolute Gasteiger partial charge is 0.124 e. The number of hydrogen-bond acceptors (Lipinski definition) is 3. The van der Waals surface area contributed by atoms with Crippen LogP contribution >= 0.6 is 23.4 Å². The molecule has 1 aromatic heterocycles. The van der Waals surface area contributed by atoms with Crippen LogP contribution in [0.15, 0.2) is 29.2 Å². The molecule has 3 nitrogen and oxygen atoms in total. The fraction of sp³-hybridized carbons (Fsp3) is 0.400. The quantitative estimate of drug-likeness (QED) is 0.823. The summed E-state index contributed by atoms with van der Waals surface area (Å²) in [6.07, 6.45) is 0.663. The van der Waals surface area contributed by atoms with Gasteiger partial charge in [0.25, 0.3) is 0 Å². The summed E-state index contributed by atoms with van der Waals surface area (Å²) >= 11 is 7.83. The third-order valence-electron chi connectivity index (χ3n) is 3.17. The van der Waals surface area contributed by atoms with Crippen molar-refractivity contribution >= 4 is 23.4 Å². The molecule has 0 saturated carbocycles. The van der Waals surface area contributed by atoms with Crippen molar-refractivity contribution in [2.75, 3.05) is 5.75 Å². The van der Waals surface area contributed by atoms with E-state index in [4.69, 9.17) is 17.3 Å². The minimum Gasteiger partial charge on any atom is -0.327 e. The van der Waals surface area contributed by atoms with Crippen LogP contribution in [-0.2, 0) is 13.0 Å². The van der Waals surface area contributed by atoms with Crippen molar-refractivity contribution in [1.82, 2.24) is 9.78 Å². The molecule has 0 spiro atoms. The molecule has 2 aromatic rings. The molecule has 1 atom stereocenters. The highest BCUT2D eigenvalue weighted by molar-refractivity contribution is 7.99. The molecule has 0 saturated heterocycles. The first-order valence-electron chi connectivity index (χ1n) is 6.87. The zero-order chi connectivity index (χ0) is 15.4. The molecule has 0 aliphatic carbocycles. The van der Waals surface area contributed by atoms with Crippen LogP contribution in [-0.4, -0.2) is 21.6 Å². The SMILES string of the molecule is CCn1nc(C)c(Cl)c1CC(N)CSc1cccc(F)c1. The molecule has 2 N–H and O–H groups in total. The van der Waals surface area contributed by atoms with Crippen molar-refractivity contribution in [1.29, 1.82) is 0 Å². The largest absolute Gasteiger partial charge is 0.327 e. The third kappa shape index (κ3) is 4.22. The van der Waals surface area contributed by atoms with Gasteiger partial charge < -0.3 is 5.73 Å². The maximum Gasteiger partial charge on any atom is 0.124 e. The van der Waals surface area contributed by atoms with E-state index in [1.807, 2.05) is 24.6 Å². The van der Waals surface area contributed by atoms with Crippen molar-refractivity contribution in [2.24, 2.45) is 5.73 Å². The summed E-state index contributed by atoms with van der Waals surface area (Å²) in [5, 5.41) is 5.08. The fourth-order valence-electron chi connectivity index (χ4n) is 2.13. The number of rotatable bonds is 6. The summed E-state index contributed by atoms with van der Waals surface area (Å²) in [6.45, 7) is 4.69. The summed E-state index contributed by atoms with van der Waals surface area (Å²) in [4.78, 5) is 0.886. The van der Waals surface area contributed by atoms with Gasteiger partial charge >= 0.3 is 0 Å². The summed E-state index contributed by atoms with van der Waals surface area (Å²) < 4.78 is 15.0. The summed E-state index contributed by atoms with van der Waals surface area (Å²) in [5.41, 5.74) is 7.99. The lowest BCUT2D eigenvalue weighted by atomic mass is 10.2. The zero-order valence-electron chi connectivity index (χ0n) is 12.1. The highest BCUT2D eigenvalue weighted by atomic mass is 35.5. The van der Waals surface area contributed by atoms with E-state index < -0.39 is 0 Å². The van der Waals surface area contributed by atoms with Crippen molar-refractivity contribution in [3.8, 4) is 0 Å². The predicted octanol–water partition coefficient (Wildman–Crippen LogP) is 3.67. The lowest BCUT2D eigenvalue weighted by molar-refractivity contribution is 0.594. The molecule has 1 aromatic carbocycles. The Bertz CT molecular complexity index is 615. The van der Waals surface area contributed by atoms with E-state index in [1.165, 1.54) is 12.1 Å². The molecule has 0 aliphatic rings. The monoisotopic (exact) mass is 327 g/mol. The zero-order valence-corrected chi connectivity index (χ0v) is 13.7. The number of nitrogens with two attached hydrogens (primary N) is 1. The van der Waals surface area contributed by atoms with Crippen LogP contribution in [0.3, 0.4) is 0 Å². The Morgan fingerprint density at radius 3 is 2.90 bits per heavy atom. The maximum atomic E-state index is 13.1. The van der Waals surface area contributed by atoms with Gasteiger partial charge in [0.1, 0.15) is 5.82 Å². The van der Waals surface area contributed by atoms with Crippen LogP contribution in [0.4, 0.5) is 4.39 Å². The Balaban J connectivity index is 1.97. The summed E-state index contributed by atoms with van der Waals surface area (Å²) in [6, 6.07) is 6.48. The van der Waals surface area contributed by atoms with E-state index >= 15 is 0 Å². The van der Waals surface area contributed by atoms with Gasteiger partial charge in [-0.2, -0.15) is 5.10 Å². The van der Waals surface area contributed by atoms with Crippen molar-refractivity contribution in [2.45, 2.75) is 37.8 Å². The minimum absolute atomic E-state index is 0.0582. The molecule has 0 fully saturated rings. The number of aromatic nitrogens is 2. The van der Waals surface area contributed by atoms with Gasteiger partial charge in [-0.1, -0.05) is 17.7 Å². The van der Waals surface area contributed by atoms with E-state index in [0.29, 0.717) is 17.2 Å². The minimum atomic E-state index is -0.226. The normalized spacial score (nSPS) is 12.6. The molecule has 6 heteroatoms. The average molecular weight is 328 g/mol. The Labute approximate surface area is 133 Å². The van der Waals surface area contributed by atoms with Crippen LogP contribution in [0.1, 0.15) is 18.3 Å². The first-order valence-corrected chi connectivity index (χ1v) is 8.23. The molecule has 0 aliphatic heterocycles. The molecule has 114 valence electrons. The topological polar surface area (TPSA) is 43.8 Å². The van der Waals surface area contributed by atoms with E-state index in [-0.39, 0.29) is 11.9 Å². The van der Waals surface area contributed by atoms with Gasteiger partial charge in [-0.3, -0.25) is 4.68 Å². The van der Waals surface area contributed by atoms with Crippen LogP contribution in [0, 0.1) is 12.7 Å². The van der Waals surface area contributed by atoms with E-state index in [2.05, 4.69) is 5.10 Å². The second kappa shape index (κ2) is 7.29. The Kier molecular flexibility index (Phi) is 5.67. The van der Waals surface area contributed by atoms with E-state index in [1.54, 1.807) is 17.8 Å². The molecule has 0 bridgehead atoms. The van der Waals surface area contributed by atoms with E-state index in [9.17, 15) is 4.39 Å². The van der Waals surface area contributed by atoms with Crippen molar-refractivity contribution in [3.05, 3.63) is 46.5 Å².